The molecule has 0 fully saturated rings. The fourth-order valence-electron chi connectivity index (χ4n) is 1.23. The maximum Gasteiger partial charge on any atom is 0.260 e. The number of rotatable bonds is 2. The second kappa shape index (κ2) is 3.96. The summed E-state index contributed by atoms with van der Waals surface area (Å²) in [5.74, 6) is -0.208. The number of hydrogen-bond donors (Lipinski definition) is 1. The molecule has 0 aliphatic rings. The Labute approximate surface area is 86.9 Å². The number of aryl methyl sites for hydroxylation is 1. The Bertz CT molecular complexity index is 462. The third-order valence-electron chi connectivity index (χ3n) is 2.03. The molecule has 0 aliphatic carbocycles. The highest BCUT2D eigenvalue weighted by Crippen LogP contribution is 2.10. The normalized spacial score (nSPS) is 9.93. The number of anilines is 1. The summed E-state index contributed by atoms with van der Waals surface area (Å²) in [6, 6.07) is 9.24. The van der Waals surface area contributed by atoms with E-state index < -0.39 is 0 Å². The monoisotopic (exact) mass is 202 g/mol. The van der Waals surface area contributed by atoms with Gasteiger partial charge in [-0.25, -0.2) is 0 Å². The van der Waals surface area contributed by atoms with Crippen LogP contribution in [0.2, 0.25) is 0 Å². The minimum absolute atomic E-state index is 0.208. The molecule has 2 rings (SSSR count). The van der Waals surface area contributed by atoms with Crippen LogP contribution < -0.4 is 5.32 Å². The van der Waals surface area contributed by atoms with E-state index >= 15 is 0 Å². The highest BCUT2D eigenvalue weighted by Gasteiger charge is 2.12. The molecule has 0 saturated carbocycles. The maximum atomic E-state index is 11.7. The average molecular weight is 202 g/mol. The van der Waals surface area contributed by atoms with Crippen LogP contribution in [-0.4, -0.2) is 11.1 Å². The number of carbonyl (C=O) groups excluding carboxylic acids is 1. The summed E-state index contributed by atoms with van der Waals surface area (Å²) in [5.41, 5.74) is 1.80. The van der Waals surface area contributed by atoms with Gasteiger partial charge in [0.25, 0.3) is 5.91 Å². The van der Waals surface area contributed by atoms with Crippen molar-refractivity contribution in [2.75, 3.05) is 5.32 Å². The number of amides is 1. The van der Waals surface area contributed by atoms with Crippen molar-refractivity contribution in [1.29, 1.82) is 0 Å². The molecule has 0 radical (unpaired) electrons. The molecule has 0 unspecified atom stereocenters. The molecule has 0 atom stereocenters. The van der Waals surface area contributed by atoms with Crippen LogP contribution in [0.25, 0.3) is 0 Å². The Morgan fingerprint density at radius 3 is 2.67 bits per heavy atom. The van der Waals surface area contributed by atoms with Crippen LogP contribution in [0.5, 0.6) is 0 Å². The standard InChI is InChI=1S/C11H10N2O2/c1-8-10(7-15-13-8)11(14)12-9-5-3-2-4-6-9/h2-7H,1H3,(H,12,14). The van der Waals surface area contributed by atoms with Crippen LogP contribution in [0.15, 0.2) is 41.1 Å². The Balaban J connectivity index is 2.15. The van der Waals surface area contributed by atoms with E-state index in [0.29, 0.717) is 11.3 Å². The lowest BCUT2D eigenvalue weighted by Gasteiger charge is -2.02. The second-order valence-electron chi connectivity index (χ2n) is 3.13. The van der Waals surface area contributed by atoms with Crippen LogP contribution >= 0.6 is 0 Å². The van der Waals surface area contributed by atoms with Gasteiger partial charge in [0.05, 0.1) is 5.69 Å². The summed E-state index contributed by atoms with van der Waals surface area (Å²) in [6.45, 7) is 1.73. The third-order valence-corrected chi connectivity index (χ3v) is 2.03. The maximum absolute atomic E-state index is 11.7. The zero-order chi connectivity index (χ0) is 10.7. The van der Waals surface area contributed by atoms with E-state index in [2.05, 4.69) is 10.5 Å². The molecular weight excluding hydrogens is 192 g/mol. The van der Waals surface area contributed by atoms with Gasteiger partial charge in [-0.1, -0.05) is 23.4 Å². The number of nitrogens with one attached hydrogen (secondary N) is 1. The van der Waals surface area contributed by atoms with E-state index in [1.165, 1.54) is 6.26 Å². The van der Waals surface area contributed by atoms with Crippen molar-refractivity contribution in [2.24, 2.45) is 0 Å². The van der Waals surface area contributed by atoms with Crippen LogP contribution in [-0.2, 0) is 0 Å². The molecule has 0 bridgehead atoms. The quantitative estimate of drug-likeness (QED) is 0.812. The number of aromatic nitrogens is 1. The third kappa shape index (κ3) is 2.04. The van der Waals surface area contributed by atoms with E-state index in [1.54, 1.807) is 6.92 Å². The minimum atomic E-state index is -0.208. The van der Waals surface area contributed by atoms with E-state index in [9.17, 15) is 4.79 Å². The summed E-state index contributed by atoms with van der Waals surface area (Å²) < 4.78 is 4.69. The first-order valence-electron chi connectivity index (χ1n) is 4.55. The largest absolute Gasteiger partial charge is 0.364 e. The molecule has 1 heterocycles. The molecule has 1 aromatic carbocycles. The number of nitrogens with zero attached hydrogens (tertiary/aromatic N) is 1. The van der Waals surface area contributed by atoms with Crippen LogP contribution in [0.1, 0.15) is 16.1 Å². The number of para-hydroxylation sites is 1. The molecule has 1 N–H and O–H groups in total. The summed E-state index contributed by atoms with van der Waals surface area (Å²) in [7, 11) is 0. The van der Waals surface area contributed by atoms with E-state index in [4.69, 9.17) is 4.52 Å². The van der Waals surface area contributed by atoms with Crippen molar-refractivity contribution < 1.29 is 9.32 Å². The van der Waals surface area contributed by atoms with Gasteiger partial charge in [0.15, 0.2) is 0 Å². The van der Waals surface area contributed by atoms with Gasteiger partial charge in [-0.2, -0.15) is 0 Å². The summed E-state index contributed by atoms with van der Waals surface area (Å²) in [6.07, 6.45) is 1.34. The van der Waals surface area contributed by atoms with Gasteiger partial charge >= 0.3 is 0 Å². The fraction of sp³-hybridized carbons (Fsp3) is 0.0909. The predicted molar refractivity (Wildman–Crippen MR) is 55.6 cm³/mol. The molecule has 2 aromatic rings. The van der Waals surface area contributed by atoms with Crippen LogP contribution in [0.4, 0.5) is 5.69 Å². The first-order chi connectivity index (χ1) is 7.27. The van der Waals surface area contributed by atoms with Crippen molar-refractivity contribution in [1.82, 2.24) is 5.16 Å². The zero-order valence-corrected chi connectivity index (χ0v) is 8.23. The molecule has 76 valence electrons. The minimum Gasteiger partial charge on any atom is -0.364 e. The van der Waals surface area contributed by atoms with Gasteiger partial charge in [-0.15, -0.1) is 0 Å². The highest BCUT2D eigenvalue weighted by atomic mass is 16.5. The first-order valence-corrected chi connectivity index (χ1v) is 4.55. The molecular formula is C11H10N2O2. The number of benzene rings is 1. The highest BCUT2D eigenvalue weighted by molar-refractivity contribution is 6.04. The summed E-state index contributed by atoms with van der Waals surface area (Å²) in [5, 5.41) is 6.39. The zero-order valence-electron chi connectivity index (χ0n) is 8.23. The fourth-order valence-corrected chi connectivity index (χ4v) is 1.23. The van der Waals surface area contributed by atoms with Crippen molar-refractivity contribution in [3.05, 3.63) is 47.9 Å². The SMILES string of the molecule is Cc1nocc1C(=O)Nc1ccccc1. The smallest absolute Gasteiger partial charge is 0.260 e. The van der Waals surface area contributed by atoms with Crippen molar-refractivity contribution in [2.45, 2.75) is 6.92 Å². The topological polar surface area (TPSA) is 55.1 Å². The van der Waals surface area contributed by atoms with E-state index in [0.717, 1.165) is 5.69 Å². The summed E-state index contributed by atoms with van der Waals surface area (Å²) >= 11 is 0. The van der Waals surface area contributed by atoms with E-state index in [-0.39, 0.29) is 5.91 Å². The second-order valence-corrected chi connectivity index (χ2v) is 3.13. The van der Waals surface area contributed by atoms with Gasteiger partial charge in [-0.3, -0.25) is 4.79 Å². The first kappa shape index (κ1) is 9.45. The lowest BCUT2D eigenvalue weighted by atomic mass is 10.2. The molecule has 1 amide bonds. The van der Waals surface area contributed by atoms with Crippen LogP contribution in [0, 0.1) is 6.92 Å². The van der Waals surface area contributed by atoms with Crippen molar-refractivity contribution in [3.63, 3.8) is 0 Å². The lowest BCUT2D eigenvalue weighted by molar-refractivity contribution is 0.102. The Hall–Kier alpha value is -2.10. The number of hydrogen-bond acceptors (Lipinski definition) is 3. The molecule has 4 nitrogen and oxygen atoms in total. The Morgan fingerprint density at radius 1 is 1.33 bits per heavy atom. The van der Waals surface area contributed by atoms with E-state index in [1.807, 2.05) is 30.3 Å². The predicted octanol–water partition coefficient (Wildman–Crippen LogP) is 2.24. The summed E-state index contributed by atoms with van der Waals surface area (Å²) in [4.78, 5) is 11.7. The molecule has 0 saturated heterocycles. The van der Waals surface area contributed by atoms with Gasteiger partial charge in [0, 0.05) is 5.69 Å². The Morgan fingerprint density at radius 2 is 2.07 bits per heavy atom. The van der Waals surface area contributed by atoms with Gasteiger partial charge < -0.3 is 9.84 Å². The van der Waals surface area contributed by atoms with Gasteiger partial charge in [0.1, 0.15) is 11.8 Å². The van der Waals surface area contributed by atoms with Crippen molar-refractivity contribution in [3.8, 4) is 0 Å². The number of carbonyl (C=O) groups is 1. The van der Waals surface area contributed by atoms with Crippen LogP contribution in [0.3, 0.4) is 0 Å². The Kier molecular flexibility index (Phi) is 2.49. The molecule has 0 spiro atoms. The van der Waals surface area contributed by atoms with Gasteiger partial charge in [0.2, 0.25) is 0 Å². The lowest BCUT2D eigenvalue weighted by Crippen LogP contribution is -2.12. The average Bonchev–Trinajstić information content (AvgIpc) is 2.66. The van der Waals surface area contributed by atoms with Gasteiger partial charge in [-0.05, 0) is 19.1 Å². The molecule has 0 aliphatic heterocycles. The molecule has 1 aromatic heterocycles. The van der Waals surface area contributed by atoms with Crippen molar-refractivity contribution >= 4 is 11.6 Å². The molecule has 15 heavy (non-hydrogen) atoms. The molecule has 4 heteroatoms.